The van der Waals surface area contributed by atoms with Crippen LogP contribution in [0.3, 0.4) is 0 Å². The molecule has 0 amide bonds. The second kappa shape index (κ2) is 8.51. The van der Waals surface area contributed by atoms with Gasteiger partial charge in [-0.1, -0.05) is 33.6 Å². The Morgan fingerprint density at radius 3 is 2.35 bits per heavy atom. The van der Waals surface area contributed by atoms with Crippen molar-refractivity contribution in [3.63, 3.8) is 0 Å². The van der Waals surface area contributed by atoms with E-state index in [9.17, 15) is 4.79 Å². The van der Waals surface area contributed by atoms with Crippen LogP contribution < -0.4 is 5.32 Å². The Kier molecular flexibility index (Phi) is 8.23. The summed E-state index contributed by atoms with van der Waals surface area (Å²) in [5, 5.41) is 3.47. The second-order valence-corrected chi connectivity index (χ2v) is 4.71. The van der Waals surface area contributed by atoms with Crippen molar-refractivity contribution in [1.29, 1.82) is 0 Å². The van der Waals surface area contributed by atoms with Crippen LogP contribution in [-0.4, -0.2) is 24.2 Å². The van der Waals surface area contributed by atoms with Gasteiger partial charge in [0.2, 0.25) is 0 Å². The minimum Gasteiger partial charge on any atom is -0.465 e. The molecule has 0 bridgehead atoms. The molecule has 0 aliphatic heterocycles. The minimum absolute atomic E-state index is 0.0868. The first kappa shape index (κ1) is 16.4. The van der Waals surface area contributed by atoms with Gasteiger partial charge in [-0.15, -0.1) is 0 Å². The van der Waals surface area contributed by atoms with E-state index in [4.69, 9.17) is 4.74 Å². The van der Waals surface area contributed by atoms with Crippen molar-refractivity contribution in [2.45, 2.75) is 78.3 Å². The average molecular weight is 243 g/mol. The van der Waals surface area contributed by atoms with Crippen LogP contribution in [0.4, 0.5) is 0 Å². The molecule has 3 nitrogen and oxygen atoms in total. The van der Waals surface area contributed by atoms with Crippen molar-refractivity contribution >= 4 is 5.97 Å². The Morgan fingerprint density at radius 2 is 1.94 bits per heavy atom. The summed E-state index contributed by atoms with van der Waals surface area (Å²) in [7, 11) is 0. The molecule has 0 radical (unpaired) electrons. The normalized spacial score (nSPS) is 16.3. The first-order chi connectivity index (χ1) is 8.06. The highest BCUT2D eigenvalue weighted by Crippen LogP contribution is 2.22. The monoisotopic (exact) mass is 243 g/mol. The maximum absolute atomic E-state index is 12.2. The summed E-state index contributed by atoms with van der Waals surface area (Å²) in [5.41, 5.74) is -0.485. The van der Waals surface area contributed by atoms with Crippen LogP contribution in [-0.2, 0) is 9.53 Å². The first-order valence-corrected chi connectivity index (χ1v) is 7.01. The molecule has 0 spiro atoms. The Balaban J connectivity index is 4.78. The van der Waals surface area contributed by atoms with Crippen LogP contribution in [0.5, 0.6) is 0 Å². The van der Waals surface area contributed by atoms with Crippen molar-refractivity contribution in [2.24, 2.45) is 0 Å². The summed E-state index contributed by atoms with van der Waals surface area (Å²) in [4.78, 5) is 12.2. The van der Waals surface area contributed by atoms with Gasteiger partial charge in [0.25, 0.3) is 0 Å². The highest BCUT2D eigenvalue weighted by atomic mass is 16.5. The number of unbranched alkanes of at least 4 members (excludes halogenated alkanes) is 1. The van der Waals surface area contributed by atoms with Gasteiger partial charge in [-0.05, 0) is 33.1 Å². The van der Waals surface area contributed by atoms with Crippen LogP contribution in [0.25, 0.3) is 0 Å². The lowest BCUT2D eigenvalue weighted by atomic mass is 9.88. The molecule has 1 N–H and O–H groups in total. The molecule has 0 saturated heterocycles. The van der Waals surface area contributed by atoms with E-state index < -0.39 is 5.54 Å². The van der Waals surface area contributed by atoms with E-state index in [1.807, 2.05) is 6.92 Å². The molecule has 0 aromatic carbocycles. The van der Waals surface area contributed by atoms with Gasteiger partial charge < -0.3 is 4.74 Å². The molecule has 0 heterocycles. The number of esters is 1. The van der Waals surface area contributed by atoms with Gasteiger partial charge in [0.1, 0.15) is 5.54 Å². The van der Waals surface area contributed by atoms with Crippen molar-refractivity contribution in [1.82, 2.24) is 5.32 Å². The van der Waals surface area contributed by atoms with Crippen molar-refractivity contribution in [2.75, 3.05) is 6.61 Å². The highest BCUT2D eigenvalue weighted by molar-refractivity contribution is 5.80. The number of hydrogen-bond acceptors (Lipinski definition) is 3. The SMILES string of the molecule is CCCCC(CC)(NC(C)CC)C(=O)OCC. The molecule has 17 heavy (non-hydrogen) atoms. The number of hydrogen-bond donors (Lipinski definition) is 1. The Labute approximate surface area is 106 Å². The smallest absolute Gasteiger partial charge is 0.326 e. The van der Waals surface area contributed by atoms with Crippen molar-refractivity contribution in [3.8, 4) is 0 Å². The Hall–Kier alpha value is -0.570. The van der Waals surface area contributed by atoms with E-state index >= 15 is 0 Å². The zero-order valence-corrected chi connectivity index (χ0v) is 12.1. The third-order valence-corrected chi connectivity index (χ3v) is 3.36. The lowest BCUT2D eigenvalue weighted by Crippen LogP contribution is -2.55. The quantitative estimate of drug-likeness (QED) is 0.632. The van der Waals surface area contributed by atoms with Crippen LogP contribution in [0.15, 0.2) is 0 Å². The summed E-state index contributed by atoms with van der Waals surface area (Å²) >= 11 is 0. The number of ether oxygens (including phenoxy) is 1. The predicted molar refractivity (Wildman–Crippen MR) is 72.1 cm³/mol. The molecular weight excluding hydrogens is 214 g/mol. The average Bonchev–Trinajstić information content (AvgIpc) is 2.34. The van der Waals surface area contributed by atoms with E-state index in [-0.39, 0.29) is 5.97 Å². The topological polar surface area (TPSA) is 38.3 Å². The fraction of sp³-hybridized carbons (Fsp3) is 0.929. The van der Waals surface area contributed by atoms with Gasteiger partial charge in [0.05, 0.1) is 6.61 Å². The number of carbonyl (C=O) groups is 1. The van der Waals surface area contributed by atoms with Crippen molar-refractivity contribution in [3.05, 3.63) is 0 Å². The second-order valence-electron chi connectivity index (χ2n) is 4.71. The Morgan fingerprint density at radius 1 is 1.29 bits per heavy atom. The molecular formula is C14H29NO2. The maximum atomic E-state index is 12.2. The van der Waals surface area contributed by atoms with Gasteiger partial charge in [-0.3, -0.25) is 10.1 Å². The van der Waals surface area contributed by atoms with Crippen LogP contribution in [0.1, 0.15) is 66.7 Å². The highest BCUT2D eigenvalue weighted by Gasteiger charge is 2.37. The molecule has 2 unspecified atom stereocenters. The first-order valence-electron chi connectivity index (χ1n) is 7.01. The molecule has 102 valence electrons. The van der Waals surface area contributed by atoms with Crippen LogP contribution in [0.2, 0.25) is 0 Å². The predicted octanol–water partition coefficient (Wildman–Crippen LogP) is 3.28. The molecule has 0 rings (SSSR count). The number of nitrogens with one attached hydrogen (secondary N) is 1. The molecule has 0 aromatic rings. The molecule has 0 aliphatic rings. The molecule has 0 fully saturated rings. The van der Waals surface area contributed by atoms with Crippen molar-refractivity contribution < 1.29 is 9.53 Å². The van der Waals surface area contributed by atoms with Gasteiger partial charge in [-0.2, -0.15) is 0 Å². The molecule has 0 saturated carbocycles. The van der Waals surface area contributed by atoms with Crippen LogP contribution >= 0.6 is 0 Å². The number of rotatable bonds is 9. The van der Waals surface area contributed by atoms with Gasteiger partial charge in [-0.25, -0.2) is 0 Å². The summed E-state index contributed by atoms with van der Waals surface area (Å²) in [6.45, 7) is 10.8. The molecule has 0 aliphatic carbocycles. The van der Waals surface area contributed by atoms with Crippen LogP contribution in [0, 0.1) is 0 Å². The molecule has 0 aromatic heterocycles. The fourth-order valence-corrected chi connectivity index (χ4v) is 1.98. The standard InChI is InChI=1S/C14H29NO2/c1-6-10-11-14(8-3,13(16)17-9-4)15-12(5)7-2/h12,15H,6-11H2,1-5H3. The van der Waals surface area contributed by atoms with Gasteiger partial charge in [0, 0.05) is 6.04 Å². The molecule has 3 heteroatoms. The number of carbonyl (C=O) groups excluding carboxylic acids is 1. The van der Waals surface area contributed by atoms with E-state index in [0.29, 0.717) is 12.6 Å². The molecule has 2 atom stereocenters. The largest absolute Gasteiger partial charge is 0.465 e. The summed E-state index contributed by atoms with van der Waals surface area (Å²) in [6, 6.07) is 0.344. The zero-order valence-electron chi connectivity index (χ0n) is 12.1. The third-order valence-electron chi connectivity index (χ3n) is 3.36. The van der Waals surface area contributed by atoms with E-state index in [2.05, 4.69) is 33.0 Å². The van der Waals surface area contributed by atoms with Gasteiger partial charge in [0.15, 0.2) is 0 Å². The zero-order chi connectivity index (χ0) is 13.3. The maximum Gasteiger partial charge on any atom is 0.326 e. The van der Waals surface area contributed by atoms with Gasteiger partial charge >= 0.3 is 5.97 Å². The Bertz CT molecular complexity index is 218. The van der Waals surface area contributed by atoms with E-state index in [1.165, 1.54) is 0 Å². The third kappa shape index (κ3) is 5.07. The summed E-state index contributed by atoms with van der Waals surface area (Å²) in [5.74, 6) is -0.0868. The summed E-state index contributed by atoms with van der Waals surface area (Å²) < 4.78 is 5.24. The van der Waals surface area contributed by atoms with E-state index in [1.54, 1.807) is 0 Å². The lowest BCUT2D eigenvalue weighted by molar-refractivity contribution is -0.152. The minimum atomic E-state index is -0.485. The lowest BCUT2D eigenvalue weighted by Gasteiger charge is -2.34. The van der Waals surface area contributed by atoms with E-state index in [0.717, 1.165) is 32.1 Å². The fourth-order valence-electron chi connectivity index (χ4n) is 1.98. The summed E-state index contributed by atoms with van der Waals surface area (Å²) in [6.07, 6.45) is 4.83.